The summed E-state index contributed by atoms with van der Waals surface area (Å²) in [5.74, 6) is -0.191. The number of carbonyl (C=O) groups is 1. The molecule has 0 aliphatic carbocycles. The highest BCUT2D eigenvalue weighted by molar-refractivity contribution is 14.1. The third-order valence-electron chi connectivity index (χ3n) is 6.56. The number of carbonyl (C=O) groups excluding carboxylic acids is 1. The molecule has 1 fully saturated rings. The molecule has 35 heavy (non-hydrogen) atoms. The molecule has 3 aromatic carbocycles. The van der Waals surface area contributed by atoms with Gasteiger partial charge >= 0.3 is 5.97 Å². The monoisotopic (exact) mass is 580 g/mol. The van der Waals surface area contributed by atoms with E-state index in [-0.39, 0.29) is 12.1 Å². The Morgan fingerprint density at radius 2 is 1.37 bits per heavy atom. The predicted molar refractivity (Wildman–Crippen MR) is 149 cm³/mol. The summed E-state index contributed by atoms with van der Waals surface area (Å²) in [6.07, 6.45) is 6.00. The smallest absolute Gasteiger partial charge is 0.335 e. The Hall–Kier alpha value is -2.44. The molecule has 1 aliphatic rings. The molecule has 0 radical (unpaired) electrons. The van der Waals surface area contributed by atoms with Crippen molar-refractivity contribution in [3.8, 4) is 0 Å². The van der Waals surface area contributed by atoms with E-state index in [9.17, 15) is 4.79 Å². The summed E-state index contributed by atoms with van der Waals surface area (Å²) in [5, 5.41) is 0. The largest absolute Gasteiger partial charge is 0.456 e. The molecule has 4 rings (SSSR count). The molecule has 3 aromatic rings. The van der Waals surface area contributed by atoms with Crippen molar-refractivity contribution in [1.29, 1.82) is 0 Å². The molecule has 3 nitrogen and oxygen atoms in total. The lowest BCUT2D eigenvalue weighted by Crippen LogP contribution is -2.35. The van der Waals surface area contributed by atoms with Gasteiger partial charge in [0.1, 0.15) is 11.7 Å². The molecule has 0 N–H and O–H groups in total. The zero-order valence-electron chi connectivity index (χ0n) is 20.3. The topological polar surface area (TPSA) is 35.5 Å². The van der Waals surface area contributed by atoms with Crippen molar-refractivity contribution in [2.24, 2.45) is 0 Å². The van der Waals surface area contributed by atoms with E-state index >= 15 is 0 Å². The first-order valence-corrected chi connectivity index (χ1v) is 13.6. The molecule has 0 saturated carbocycles. The van der Waals surface area contributed by atoms with Gasteiger partial charge in [0.25, 0.3) is 0 Å². The van der Waals surface area contributed by atoms with Crippen molar-refractivity contribution >= 4 is 28.6 Å². The van der Waals surface area contributed by atoms with E-state index in [1.807, 2.05) is 54.6 Å². The molecule has 0 bridgehead atoms. The number of benzene rings is 3. The normalized spacial score (nSPS) is 17.3. The third kappa shape index (κ3) is 6.04. The van der Waals surface area contributed by atoms with Crippen LogP contribution in [-0.2, 0) is 19.9 Å². The highest BCUT2D eigenvalue weighted by Crippen LogP contribution is 2.41. The van der Waals surface area contributed by atoms with E-state index < -0.39 is 5.60 Å². The number of ether oxygens (including phenoxy) is 2. The Morgan fingerprint density at radius 3 is 1.86 bits per heavy atom. The third-order valence-corrected chi connectivity index (χ3v) is 7.75. The minimum absolute atomic E-state index is 0.191. The molecule has 1 heterocycles. The summed E-state index contributed by atoms with van der Waals surface area (Å²) in [5.41, 5.74) is 3.14. The van der Waals surface area contributed by atoms with Crippen molar-refractivity contribution < 1.29 is 14.3 Å². The Bertz CT molecular complexity index is 1010. The second-order valence-corrected chi connectivity index (χ2v) is 10.3. The van der Waals surface area contributed by atoms with Crippen molar-refractivity contribution in [2.75, 3.05) is 6.61 Å². The lowest BCUT2D eigenvalue weighted by molar-refractivity contribution is -0.143. The lowest BCUT2D eigenvalue weighted by Gasteiger charge is -2.36. The quantitative estimate of drug-likeness (QED) is 0.0759. The summed E-state index contributed by atoms with van der Waals surface area (Å²) < 4.78 is 13.8. The fraction of sp³-hybridized carbons (Fsp3) is 0.323. The second kappa shape index (κ2) is 12.5. The van der Waals surface area contributed by atoms with Gasteiger partial charge in [-0.2, -0.15) is 0 Å². The van der Waals surface area contributed by atoms with Crippen LogP contribution in [-0.4, -0.2) is 18.7 Å². The van der Waals surface area contributed by atoms with Gasteiger partial charge in [-0.05, 0) is 52.1 Å². The lowest BCUT2D eigenvalue weighted by atomic mass is 9.80. The van der Waals surface area contributed by atoms with E-state index in [0.29, 0.717) is 13.0 Å². The van der Waals surface area contributed by atoms with Gasteiger partial charge in [0.15, 0.2) is 0 Å². The maximum absolute atomic E-state index is 12.7. The zero-order valence-corrected chi connectivity index (χ0v) is 22.4. The van der Waals surface area contributed by atoms with E-state index in [1.54, 1.807) is 0 Å². The molecule has 4 heteroatoms. The van der Waals surface area contributed by atoms with Gasteiger partial charge in [0.2, 0.25) is 0 Å². The molecule has 1 atom stereocenters. The van der Waals surface area contributed by atoms with Crippen LogP contribution in [0, 0.1) is 0 Å². The van der Waals surface area contributed by atoms with Crippen LogP contribution >= 0.6 is 22.6 Å². The summed E-state index contributed by atoms with van der Waals surface area (Å²) in [4.78, 5) is 12.7. The average Bonchev–Trinajstić information content (AvgIpc) is 3.29. The van der Waals surface area contributed by atoms with Gasteiger partial charge < -0.3 is 9.47 Å². The first-order chi connectivity index (χ1) is 17.1. The zero-order chi connectivity index (χ0) is 24.5. The number of allylic oxidation sites excluding steroid dienone is 1. The summed E-state index contributed by atoms with van der Waals surface area (Å²) in [6.45, 7) is 2.52. The van der Waals surface area contributed by atoms with Crippen LogP contribution in [0.15, 0.2) is 100 Å². The number of halogens is 1. The van der Waals surface area contributed by atoms with Crippen LogP contribution in [0.1, 0.15) is 62.1 Å². The number of hydrogen-bond acceptors (Lipinski definition) is 3. The van der Waals surface area contributed by atoms with E-state index in [4.69, 9.17) is 9.47 Å². The van der Waals surface area contributed by atoms with Gasteiger partial charge in [0.05, 0.1) is 12.2 Å². The van der Waals surface area contributed by atoms with Crippen molar-refractivity contribution in [3.05, 3.63) is 117 Å². The second-order valence-electron chi connectivity index (χ2n) is 9.02. The molecular formula is C31H33IO3. The molecule has 1 aliphatic heterocycles. The maximum Gasteiger partial charge on any atom is 0.335 e. The fourth-order valence-electron chi connectivity index (χ4n) is 4.73. The Morgan fingerprint density at radius 1 is 0.857 bits per heavy atom. The standard InChI is InChI=1S/C31H33IO3/c1-2-3-4-14-21-29(32)28-22-27(35-30(28)33)23-34-31(24-15-8-5-9-16-24,25-17-10-6-11-18-25)26-19-12-7-13-20-26/h5-13,15-20,27H,2-4,14,21-23H2,1H3/b29-28-/t27-/m0/s1. The van der Waals surface area contributed by atoms with Crippen molar-refractivity contribution in [2.45, 2.75) is 57.2 Å². The van der Waals surface area contributed by atoms with Crippen LogP contribution < -0.4 is 0 Å². The molecule has 1 saturated heterocycles. The van der Waals surface area contributed by atoms with E-state index in [0.717, 1.165) is 38.7 Å². The molecule has 0 amide bonds. The molecular weight excluding hydrogens is 547 g/mol. The van der Waals surface area contributed by atoms with Gasteiger partial charge in [-0.25, -0.2) is 4.79 Å². The highest BCUT2D eigenvalue weighted by Gasteiger charge is 2.40. The maximum atomic E-state index is 12.7. The summed E-state index contributed by atoms with van der Waals surface area (Å²) in [7, 11) is 0. The van der Waals surface area contributed by atoms with Crippen LogP contribution in [0.2, 0.25) is 0 Å². The van der Waals surface area contributed by atoms with Gasteiger partial charge in [0, 0.05) is 10.0 Å². The fourth-order valence-corrected chi connectivity index (χ4v) is 5.56. The van der Waals surface area contributed by atoms with Gasteiger partial charge in [-0.1, -0.05) is 117 Å². The van der Waals surface area contributed by atoms with Gasteiger partial charge in [-0.15, -0.1) is 0 Å². The number of unbranched alkanes of at least 4 members (excludes halogenated alkanes) is 3. The highest BCUT2D eigenvalue weighted by atomic mass is 127. The van der Waals surface area contributed by atoms with E-state index in [2.05, 4.69) is 65.9 Å². The molecule has 0 unspecified atom stereocenters. The average molecular weight is 581 g/mol. The van der Waals surface area contributed by atoms with Gasteiger partial charge in [-0.3, -0.25) is 0 Å². The van der Waals surface area contributed by atoms with Crippen LogP contribution in [0.5, 0.6) is 0 Å². The number of esters is 1. The Labute approximate surface area is 222 Å². The number of hydrogen-bond donors (Lipinski definition) is 0. The molecule has 0 aromatic heterocycles. The first kappa shape index (κ1) is 25.6. The summed E-state index contributed by atoms with van der Waals surface area (Å²) >= 11 is 2.33. The minimum Gasteiger partial charge on any atom is -0.456 e. The summed E-state index contributed by atoms with van der Waals surface area (Å²) in [6, 6.07) is 30.9. The van der Waals surface area contributed by atoms with Crippen molar-refractivity contribution in [1.82, 2.24) is 0 Å². The SMILES string of the molecule is CCCCCC/C(I)=C1\C[C@@H](COC(c2ccccc2)(c2ccccc2)c2ccccc2)OC1=O. The van der Waals surface area contributed by atoms with Crippen molar-refractivity contribution in [3.63, 3.8) is 0 Å². The van der Waals surface area contributed by atoms with Crippen LogP contribution in [0.25, 0.3) is 0 Å². The van der Waals surface area contributed by atoms with Crippen LogP contribution in [0.4, 0.5) is 0 Å². The predicted octanol–water partition coefficient (Wildman–Crippen LogP) is 7.97. The minimum atomic E-state index is -0.810. The van der Waals surface area contributed by atoms with Crippen LogP contribution in [0.3, 0.4) is 0 Å². The number of rotatable bonds is 11. The Kier molecular flexibility index (Phi) is 9.16. The molecule has 0 spiro atoms. The van der Waals surface area contributed by atoms with E-state index in [1.165, 1.54) is 19.3 Å². The Balaban J connectivity index is 1.61. The number of cyclic esters (lactones) is 1. The molecule has 182 valence electrons. The first-order valence-electron chi connectivity index (χ1n) is 12.5.